The van der Waals surface area contributed by atoms with Gasteiger partial charge in [0.25, 0.3) is 0 Å². The molecular formula is C23H26ClF4N3O4S. The van der Waals surface area contributed by atoms with Gasteiger partial charge in [0.15, 0.2) is 0 Å². The standard InChI is InChI=1S/C23H26ClF4N3O4S/c1-14(2)29-22(33)15(3)30(12-16-5-7-17(25)8-6-16)21(32)13-31(36(4,34)35)18-9-10-20(24)19(11-18)23(26,27)28/h5-11,14-15H,12-13H2,1-4H3,(H,29,33). The summed E-state index contributed by atoms with van der Waals surface area (Å²) in [6.45, 7) is 3.77. The molecule has 0 saturated heterocycles. The minimum atomic E-state index is -4.86. The van der Waals surface area contributed by atoms with Crippen LogP contribution in [-0.4, -0.2) is 50.0 Å². The SMILES string of the molecule is CC(C)NC(=O)C(C)N(Cc1ccc(F)cc1)C(=O)CN(c1ccc(Cl)c(C(F)(F)F)c1)S(C)(=O)=O. The van der Waals surface area contributed by atoms with Crippen molar-refractivity contribution in [2.45, 2.75) is 45.6 Å². The average Bonchev–Trinajstić information content (AvgIpc) is 2.75. The Balaban J connectivity index is 2.47. The second-order valence-electron chi connectivity index (χ2n) is 8.42. The lowest BCUT2D eigenvalue weighted by Gasteiger charge is -2.32. The van der Waals surface area contributed by atoms with Gasteiger partial charge in [-0.2, -0.15) is 13.2 Å². The maximum atomic E-state index is 13.4. The van der Waals surface area contributed by atoms with E-state index in [0.717, 1.165) is 35.4 Å². The van der Waals surface area contributed by atoms with E-state index in [1.54, 1.807) is 13.8 Å². The topological polar surface area (TPSA) is 86.8 Å². The van der Waals surface area contributed by atoms with E-state index in [-0.39, 0.29) is 12.6 Å². The Hall–Kier alpha value is -2.86. The number of amides is 2. The van der Waals surface area contributed by atoms with Crippen molar-refractivity contribution in [1.29, 1.82) is 0 Å². The normalized spacial score (nSPS) is 12.8. The summed E-state index contributed by atoms with van der Waals surface area (Å²) < 4.78 is 78.9. The third-order valence-corrected chi connectivity index (χ3v) is 6.56. The highest BCUT2D eigenvalue weighted by Crippen LogP contribution is 2.37. The number of alkyl halides is 3. The van der Waals surface area contributed by atoms with Gasteiger partial charge in [-0.25, -0.2) is 12.8 Å². The molecule has 0 aliphatic heterocycles. The lowest BCUT2D eigenvalue weighted by atomic mass is 10.1. The second kappa shape index (κ2) is 11.5. The number of hydrogen-bond donors (Lipinski definition) is 1. The fraction of sp³-hybridized carbons (Fsp3) is 0.391. The van der Waals surface area contributed by atoms with Crippen LogP contribution in [-0.2, 0) is 32.3 Å². The van der Waals surface area contributed by atoms with Crippen molar-refractivity contribution in [3.63, 3.8) is 0 Å². The van der Waals surface area contributed by atoms with Gasteiger partial charge in [-0.1, -0.05) is 23.7 Å². The van der Waals surface area contributed by atoms with Gasteiger partial charge in [0.2, 0.25) is 21.8 Å². The molecule has 7 nitrogen and oxygen atoms in total. The first kappa shape index (κ1) is 29.4. The highest BCUT2D eigenvalue weighted by Gasteiger charge is 2.35. The zero-order valence-electron chi connectivity index (χ0n) is 19.9. The number of hydrogen-bond acceptors (Lipinski definition) is 4. The Labute approximate surface area is 212 Å². The van der Waals surface area contributed by atoms with Crippen LogP contribution in [0.2, 0.25) is 5.02 Å². The third kappa shape index (κ3) is 7.82. The first-order valence-electron chi connectivity index (χ1n) is 10.7. The van der Waals surface area contributed by atoms with Gasteiger partial charge in [0, 0.05) is 12.6 Å². The number of rotatable bonds is 9. The van der Waals surface area contributed by atoms with Crippen LogP contribution in [0.15, 0.2) is 42.5 Å². The van der Waals surface area contributed by atoms with Crippen molar-refractivity contribution in [2.75, 3.05) is 17.1 Å². The molecule has 13 heteroatoms. The molecule has 2 aromatic rings. The Kier molecular flexibility index (Phi) is 9.35. The van der Waals surface area contributed by atoms with Gasteiger partial charge in [0.05, 0.1) is 22.5 Å². The quantitative estimate of drug-likeness (QED) is 0.473. The van der Waals surface area contributed by atoms with Crippen molar-refractivity contribution in [2.24, 2.45) is 0 Å². The molecule has 1 N–H and O–H groups in total. The lowest BCUT2D eigenvalue weighted by molar-refractivity contribution is -0.139. The maximum Gasteiger partial charge on any atom is 0.417 e. The van der Waals surface area contributed by atoms with Gasteiger partial charge < -0.3 is 10.2 Å². The third-order valence-electron chi connectivity index (χ3n) is 5.09. The van der Waals surface area contributed by atoms with Gasteiger partial charge in [0.1, 0.15) is 18.4 Å². The summed E-state index contributed by atoms with van der Waals surface area (Å²) in [5.74, 6) is -1.91. The van der Waals surface area contributed by atoms with Crippen molar-refractivity contribution < 1.29 is 35.6 Å². The minimum Gasteiger partial charge on any atom is -0.352 e. The predicted molar refractivity (Wildman–Crippen MR) is 128 cm³/mol. The van der Waals surface area contributed by atoms with E-state index in [0.29, 0.717) is 15.9 Å². The molecular weight excluding hydrogens is 526 g/mol. The molecule has 0 fully saturated rings. The van der Waals surface area contributed by atoms with Crippen LogP contribution in [0, 0.1) is 5.82 Å². The molecule has 1 unspecified atom stereocenters. The number of carbonyl (C=O) groups excluding carboxylic acids is 2. The molecule has 198 valence electrons. The fourth-order valence-electron chi connectivity index (χ4n) is 3.27. The highest BCUT2D eigenvalue weighted by molar-refractivity contribution is 7.92. The van der Waals surface area contributed by atoms with Gasteiger partial charge in [-0.3, -0.25) is 13.9 Å². The number of nitrogens with zero attached hydrogens (tertiary/aromatic N) is 2. The van der Waals surface area contributed by atoms with Crippen LogP contribution < -0.4 is 9.62 Å². The molecule has 0 aliphatic carbocycles. The number of carbonyl (C=O) groups is 2. The van der Waals surface area contributed by atoms with Crippen LogP contribution in [0.3, 0.4) is 0 Å². The van der Waals surface area contributed by atoms with Crippen molar-refractivity contribution in [3.05, 3.63) is 64.4 Å². The first-order valence-corrected chi connectivity index (χ1v) is 12.9. The van der Waals surface area contributed by atoms with E-state index in [1.165, 1.54) is 19.1 Å². The molecule has 2 amide bonds. The minimum absolute atomic E-state index is 0.183. The smallest absolute Gasteiger partial charge is 0.352 e. The zero-order chi connectivity index (χ0) is 27.4. The number of anilines is 1. The second-order valence-corrected chi connectivity index (χ2v) is 10.7. The number of halogens is 5. The molecule has 0 aromatic heterocycles. The van der Waals surface area contributed by atoms with Crippen molar-refractivity contribution in [1.82, 2.24) is 10.2 Å². The highest BCUT2D eigenvalue weighted by atomic mass is 35.5. The van der Waals surface area contributed by atoms with E-state index in [9.17, 15) is 35.6 Å². The molecule has 1 atom stereocenters. The molecule has 0 radical (unpaired) electrons. The number of nitrogens with one attached hydrogen (secondary N) is 1. The van der Waals surface area contributed by atoms with E-state index in [4.69, 9.17) is 11.6 Å². The van der Waals surface area contributed by atoms with E-state index < -0.39 is 62.7 Å². The summed E-state index contributed by atoms with van der Waals surface area (Å²) >= 11 is 5.64. The van der Waals surface area contributed by atoms with Crippen LogP contribution >= 0.6 is 11.6 Å². The van der Waals surface area contributed by atoms with E-state index in [2.05, 4.69) is 5.32 Å². The van der Waals surface area contributed by atoms with E-state index in [1.807, 2.05) is 0 Å². The maximum absolute atomic E-state index is 13.4. The summed E-state index contributed by atoms with van der Waals surface area (Å²) in [4.78, 5) is 27.1. The van der Waals surface area contributed by atoms with Crippen molar-refractivity contribution >= 4 is 39.1 Å². The van der Waals surface area contributed by atoms with Crippen LogP contribution in [0.4, 0.5) is 23.2 Å². The van der Waals surface area contributed by atoms with Crippen LogP contribution in [0.5, 0.6) is 0 Å². The number of sulfonamides is 1. The molecule has 36 heavy (non-hydrogen) atoms. The largest absolute Gasteiger partial charge is 0.417 e. The monoisotopic (exact) mass is 551 g/mol. The molecule has 0 spiro atoms. The van der Waals surface area contributed by atoms with Crippen LogP contribution in [0.1, 0.15) is 31.9 Å². The fourth-order valence-corrected chi connectivity index (χ4v) is 4.34. The molecule has 0 heterocycles. The summed E-state index contributed by atoms with van der Waals surface area (Å²) in [7, 11) is -4.24. The molecule has 0 bridgehead atoms. The van der Waals surface area contributed by atoms with Gasteiger partial charge in [-0.05, 0) is 56.7 Å². The van der Waals surface area contributed by atoms with Gasteiger partial charge >= 0.3 is 6.18 Å². The summed E-state index contributed by atoms with van der Waals surface area (Å²) in [6, 6.07) is 6.24. The summed E-state index contributed by atoms with van der Waals surface area (Å²) in [6.07, 6.45) is -4.13. The summed E-state index contributed by atoms with van der Waals surface area (Å²) in [5.41, 5.74) is -1.25. The molecule has 0 aliphatic rings. The number of benzene rings is 2. The molecule has 0 saturated carbocycles. The lowest BCUT2D eigenvalue weighted by Crippen LogP contribution is -2.52. The van der Waals surface area contributed by atoms with E-state index >= 15 is 0 Å². The molecule has 2 aromatic carbocycles. The molecule has 2 rings (SSSR count). The van der Waals surface area contributed by atoms with Crippen molar-refractivity contribution in [3.8, 4) is 0 Å². The zero-order valence-corrected chi connectivity index (χ0v) is 21.5. The predicted octanol–water partition coefficient (Wildman–Crippen LogP) is 4.21. The summed E-state index contributed by atoms with van der Waals surface area (Å²) in [5, 5.41) is 2.02. The van der Waals surface area contributed by atoms with Gasteiger partial charge in [-0.15, -0.1) is 0 Å². The average molecular weight is 552 g/mol. The van der Waals surface area contributed by atoms with Crippen LogP contribution in [0.25, 0.3) is 0 Å². The first-order chi connectivity index (χ1) is 16.5. The Bertz CT molecular complexity index is 1200. The Morgan fingerprint density at radius 1 is 1.06 bits per heavy atom. The Morgan fingerprint density at radius 2 is 1.64 bits per heavy atom. The Morgan fingerprint density at radius 3 is 2.14 bits per heavy atom.